The molecule has 0 saturated heterocycles. The van der Waals surface area contributed by atoms with E-state index in [9.17, 15) is 29.4 Å². The molecule has 0 fully saturated rings. The second-order valence-electron chi connectivity index (χ2n) is 8.21. The molecule has 13 heteroatoms. The Bertz CT molecular complexity index is 1060. The fraction of sp³-hybridized carbons (Fsp3) is 0.455. The third-order valence-corrected chi connectivity index (χ3v) is 5.74. The van der Waals surface area contributed by atoms with Gasteiger partial charge in [-0.15, -0.1) is 0 Å². The highest BCUT2D eigenvalue weighted by Gasteiger charge is 2.34. The van der Waals surface area contributed by atoms with Crippen LogP contribution in [0.3, 0.4) is 0 Å². The molecule has 3 amide bonds. The number of amides is 3. The van der Waals surface area contributed by atoms with E-state index in [0.717, 1.165) is 16.5 Å². The van der Waals surface area contributed by atoms with Gasteiger partial charge in [0, 0.05) is 22.9 Å². The van der Waals surface area contributed by atoms with Gasteiger partial charge < -0.3 is 42.0 Å². The van der Waals surface area contributed by atoms with Gasteiger partial charge in [0.25, 0.3) is 0 Å². The van der Waals surface area contributed by atoms with Gasteiger partial charge in [0.05, 0.1) is 18.2 Å². The number of nitrogens with two attached hydrogens (primary N) is 1. The first-order chi connectivity index (χ1) is 16.5. The van der Waals surface area contributed by atoms with E-state index in [1.165, 1.54) is 13.8 Å². The fourth-order valence-corrected chi connectivity index (χ4v) is 3.64. The van der Waals surface area contributed by atoms with Gasteiger partial charge in [-0.2, -0.15) is 12.6 Å². The van der Waals surface area contributed by atoms with Crippen LogP contribution in [0.1, 0.15) is 19.4 Å². The van der Waals surface area contributed by atoms with Crippen LogP contribution in [0.25, 0.3) is 10.9 Å². The first-order valence-corrected chi connectivity index (χ1v) is 11.5. The Hall–Kier alpha value is -3.13. The minimum atomic E-state index is -1.55. The first kappa shape index (κ1) is 28.1. The topological polar surface area (TPSA) is 207 Å². The van der Waals surface area contributed by atoms with E-state index < -0.39 is 60.1 Å². The summed E-state index contributed by atoms with van der Waals surface area (Å²) in [6, 6.07) is 2.02. The summed E-state index contributed by atoms with van der Waals surface area (Å²) < 4.78 is 0. The molecule has 6 unspecified atom stereocenters. The number of aliphatic hydroxyl groups excluding tert-OH is 2. The molecular formula is C22H31N5O7S. The van der Waals surface area contributed by atoms with Crippen molar-refractivity contribution in [2.45, 2.75) is 56.6 Å². The molecule has 0 aliphatic carbocycles. The third-order valence-electron chi connectivity index (χ3n) is 5.37. The number of nitrogens with one attached hydrogen (secondary N) is 4. The number of aromatic nitrogens is 1. The maximum Gasteiger partial charge on any atom is 0.327 e. The maximum absolute atomic E-state index is 12.8. The average molecular weight is 510 g/mol. The predicted octanol–water partition coefficient (Wildman–Crippen LogP) is -1.73. The zero-order valence-electron chi connectivity index (χ0n) is 19.3. The summed E-state index contributed by atoms with van der Waals surface area (Å²) in [6.07, 6.45) is -0.898. The molecule has 1 aromatic heterocycles. The number of carboxylic acids is 1. The number of benzene rings is 1. The van der Waals surface area contributed by atoms with E-state index in [0.29, 0.717) is 0 Å². The van der Waals surface area contributed by atoms with Crippen LogP contribution in [-0.2, 0) is 25.6 Å². The van der Waals surface area contributed by atoms with Gasteiger partial charge in [-0.25, -0.2) is 4.79 Å². The highest BCUT2D eigenvalue weighted by atomic mass is 32.1. The summed E-state index contributed by atoms with van der Waals surface area (Å²) in [5.41, 5.74) is 7.71. The van der Waals surface area contributed by atoms with Crippen LogP contribution in [0, 0.1) is 0 Å². The van der Waals surface area contributed by atoms with Crippen molar-refractivity contribution in [3.63, 3.8) is 0 Å². The number of carbonyl (C=O) groups is 4. The van der Waals surface area contributed by atoms with Crippen LogP contribution in [0.2, 0.25) is 0 Å². The fourth-order valence-electron chi connectivity index (χ4n) is 3.39. The summed E-state index contributed by atoms with van der Waals surface area (Å²) in [5.74, 6) is -4.21. The van der Waals surface area contributed by atoms with Crippen molar-refractivity contribution in [2.75, 3.05) is 5.75 Å². The SMILES string of the molecule is CC(O)C(NC(=O)C(N)Cc1c[nH]c2ccccc12)C(=O)NC(C(=O)NC(CS)C(=O)O)C(C)O. The number of aliphatic carboxylic acids is 1. The lowest BCUT2D eigenvalue weighted by Gasteiger charge is -2.27. The standard InChI is InChI=1S/C22H31N5O7S/c1-10(28)17(20(31)25-16(9-35)22(33)34)27-21(32)18(11(2)29)26-19(30)14(23)7-12-8-24-15-6-4-3-5-13(12)15/h3-6,8,10-11,14,16-18,24,28-29,35H,7,9,23H2,1-2H3,(H,25,31)(H,26,30)(H,27,32)(H,33,34). The number of carboxylic acid groups (broad SMARTS) is 1. The molecule has 0 aliphatic heterocycles. The number of para-hydroxylation sites is 1. The molecule has 0 bridgehead atoms. The number of hydrogen-bond donors (Lipinski definition) is 9. The lowest BCUT2D eigenvalue weighted by atomic mass is 10.0. The van der Waals surface area contributed by atoms with Crippen molar-refractivity contribution in [2.24, 2.45) is 5.73 Å². The van der Waals surface area contributed by atoms with Crippen LogP contribution < -0.4 is 21.7 Å². The maximum atomic E-state index is 12.8. The summed E-state index contributed by atoms with van der Waals surface area (Å²) in [4.78, 5) is 52.2. The quantitative estimate of drug-likeness (QED) is 0.150. The van der Waals surface area contributed by atoms with E-state index in [2.05, 4.69) is 33.6 Å². The molecule has 6 atom stereocenters. The highest BCUT2D eigenvalue weighted by Crippen LogP contribution is 2.18. The number of fused-ring (bicyclic) bond motifs is 1. The summed E-state index contributed by atoms with van der Waals surface area (Å²) in [6.45, 7) is 2.47. The second-order valence-corrected chi connectivity index (χ2v) is 8.57. The predicted molar refractivity (Wildman–Crippen MR) is 131 cm³/mol. The molecule has 9 N–H and O–H groups in total. The smallest absolute Gasteiger partial charge is 0.327 e. The lowest BCUT2D eigenvalue weighted by Crippen LogP contribution is -2.62. The number of rotatable bonds is 12. The van der Waals surface area contributed by atoms with E-state index in [1.54, 1.807) is 6.20 Å². The Morgan fingerprint density at radius 3 is 2.06 bits per heavy atom. The van der Waals surface area contributed by atoms with Crippen molar-refractivity contribution >= 4 is 47.2 Å². The van der Waals surface area contributed by atoms with Crippen LogP contribution in [-0.4, -0.2) is 86.1 Å². The largest absolute Gasteiger partial charge is 0.480 e. The molecule has 0 spiro atoms. The molecule has 2 rings (SSSR count). The van der Waals surface area contributed by atoms with Gasteiger partial charge >= 0.3 is 5.97 Å². The Morgan fingerprint density at radius 1 is 0.971 bits per heavy atom. The van der Waals surface area contributed by atoms with Crippen molar-refractivity contribution < 1.29 is 34.5 Å². The number of H-pyrrole nitrogens is 1. The summed E-state index contributed by atoms with van der Waals surface area (Å²) >= 11 is 3.85. The normalized spacial score (nSPS) is 16.4. The van der Waals surface area contributed by atoms with Crippen LogP contribution >= 0.6 is 12.6 Å². The third kappa shape index (κ3) is 7.42. The van der Waals surface area contributed by atoms with Gasteiger partial charge in [-0.1, -0.05) is 18.2 Å². The van der Waals surface area contributed by atoms with Gasteiger partial charge in [0.2, 0.25) is 17.7 Å². The summed E-state index contributed by atoms with van der Waals surface area (Å²) in [5, 5.41) is 36.8. The Morgan fingerprint density at radius 2 is 1.51 bits per heavy atom. The van der Waals surface area contributed by atoms with Crippen molar-refractivity contribution in [3.8, 4) is 0 Å². The Balaban J connectivity index is 2.07. The number of aliphatic hydroxyl groups is 2. The van der Waals surface area contributed by atoms with Crippen molar-refractivity contribution in [3.05, 3.63) is 36.0 Å². The second kappa shape index (κ2) is 12.5. The van der Waals surface area contributed by atoms with Gasteiger partial charge in [-0.3, -0.25) is 14.4 Å². The molecule has 192 valence electrons. The number of hydrogen-bond acceptors (Lipinski definition) is 8. The monoisotopic (exact) mass is 509 g/mol. The average Bonchev–Trinajstić information content (AvgIpc) is 3.20. The number of thiol groups is 1. The van der Waals surface area contributed by atoms with Crippen LogP contribution in [0.5, 0.6) is 0 Å². The van der Waals surface area contributed by atoms with E-state index in [4.69, 9.17) is 10.8 Å². The summed E-state index contributed by atoms with van der Waals surface area (Å²) in [7, 11) is 0. The lowest BCUT2D eigenvalue weighted by molar-refractivity contribution is -0.142. The molecule has 2 aromatic rings. The molecule has 12 nitrogen and oxygen atoms in total. The minimum Gasteiger partial charge on any atom is -0.480 e. The van der Waals surface area contributed by atoms with Crippen LogP contribution in [0.4, 0.5) is 0 Å². The van der Waals surface area contributed by atoms with Crippen LogP contribution in [0.15, 0.2) is 30.5 Å². The molecule has 0 aliphatic rings. The Kier molecular flexibility index (Phi) is 10.1. The zero-order valence-corrected chi connectivity index (χ0v) is 20.2. The molecule has 35 heavy (non-hydrogen) atoms. The van der Waals surface area contributed by atoms with Gasteiger partial charge in [0.15, 0.2) is 0 Å². The number of aromatic amines is 1. The van der Waals surface area contributed by atoms with Gasteiger partial charge in [0.1, 0.15) is 18.1 Å². The number of carbonyl (C=O) groups excluding carboxylic acids is 3. The van der Waals surface area contributed by atoms with Crippen molar-refractivity contribution in [1.29, 1.82) is 0 Å². The van der Waals surface area contributed by atoms with E-state index >= 15 is 0 Å². The molecule has 0 saturated carbocycles. The highest BCUT2D eigenvalue weighted by molar-refractivity contribution is 7.80. The van der Waals surface area contributed by atoms with E-state index in [1.807, 2.05) is 24.3 Å². The molecule has 0 radical (unpaired) electrons. The first-order valence-electron chi connectivity index (χ1n) is 10.9. The van der Waals surface area contributed by atoms with Gasteiger partial charge in [-0.05, 0) is 31.9 Å². The van der Waals surface area contributed by atoms with E-state index in [-0.39, 0.29) is 12.2 Å². The Labute approximate surface area is 207 Å². The molecular weight excluding hydrogens is 478 g/mol. The molecule has 1 aromatic carbocycles. The van der Waals surface area contributed by atoms with Crippen molar-refractivity contribution in [1.82, 2.24) is 20.9 Å². The zero-order chi connectivity index (χ0) is 26.3. The molecule has 1 heterocycles. The minimum absolute atomic E-state index is 0.156.